The lowest BCUT2D eigenvalue weighted by Gasteiger charge is -2.13. The lowest BCUT2D eigenvalue weighted by Crippen LogP contribution is -2.07. The van der Waals surface area contributed by atoms with Gasteiger partial charge in [-0.1, -0.05) is 22.9 Å². The minimum absolute atomic E-state index is 0.697. The van der Waals surface area contributed by atoms with Crippen LogP contribution in [0.2, 0.25) is 0 Å². The summed E-state index contributed by atoms with van der Waals surface area (Å²) in [4.78, 5) is 9.28. The highest BCUT2D eigenvalue weighted by molar-refractivity contribution is 9.10. The summed E-state index contributed by atoms with van der Waals surface area (Å²) in [7, 11) is 1.66. The van der Waals surface area contributed by atoms with Gasteiger partial charge in [-0.25, -0.2) is 9.97 Å². The average Bonchev–Trinajstić information content (AvgIpc) is 2.49. The molecule has 2 rings (SSSR count). The number of halogens is 1. The van der Waals surface area contributed by atoms with Crippen LogP contribution in [0.5, 0.6) is 5.75 Å². The summed E-state index contributed by atoms with van der Waals surface area (Å²) in [6.07, 6.45) is 1.06. The molecule has 112 valence electrons. The van der Waals surface area contributed by atoms with Crippen LogP contribution in [-0.4, -0.2) is 23.6 Å². The standard InChI is InChI=1S/C16H20BrN3O/c1-5-8-18-15-10(2)11(3)19-16(20-15)13-9-12(21-4)6-7-14(13)17/h6-7,9H,5,8H2,1-4H3,(H,18,19,20). The molecule has 1 aromatic heterocycles. The van der Waals surface area contributed by atoms with Crippen molar-refractivity contribution in [2.45, 2.75) is 27.2 Å². The summed E-state index contributed by atoms with van der Waals surface area (Å²) in [5.41, 5.74) is 3.00. The van der Waals surface area contributed by atoms with Crippen LogP contribution < -0.4 is 10.1 Å². The van der Waals surface area contributed by atoms with Crippen molar-refractivity contribution in [3.8, 4) is 17.1 Å². The Hall–Kier alpha value is -1.62. The Morgan fingerprint density at radius 2 is 2.00 bits per heavy atom. The zero-order chi connectivity index (χ0) is 15.4. The SMILES string of the molecule is CCCNc1nc(-c2cc(OC)ccc2Br)nc(C)c1C. The molecular formula is C16H20BrN3O. The van der Waals surface area contributed by atoms with Crippen molar-refractivity contribution >= 4 is 21.7 Å². The third kappa shape index (κ3) is 3.53. The molecule has 0 spiro atoms. The molecule has 1 N–H and O–H groups in total. The molecule has 0 fully saturated rings. The zero-order valence-electron chi connectivity index (χ0n) is 12.8. The van der Waals surface area contributed by atoms with E-state index in [9.17, 15) is 0 Å². The first-order valence-electron chi connectivity index (χ1n) is 6.99. The second-order valence-corrected chi connectivity index (χ2v) is 5.73. The first kappa shape index (κ1) is 15.8. The second kappa shape index (κ2) is 6.89. The number of nitrogens with zero attached hydrogens (tertiary/aromatic N) is 2. The summed E-state index contributed by atoms with van der Waals surface area (Å²) in [6.45, 7) is 7.08. The van der Waals surface area contributed by atoms with Gasteiger partial charge in [0, 0.05) is 27.8 Å². The van der Waals surface area contributed by atoms with Crippen LogP contribution in [0.3, 0.4) is 0 Å². The van der Waals surface area contributed by atoms with Gasteiger partial charge in [-0.2, -0.15) is 0 Å². The molecule has 1 heterocycles. The van der Waals surface area contributed by atoms with Crippen molar-refractivity contribution in [3.63, 3.8) is 0 Å². The molecule has 21 heavy (non-hydrogen) atoms. The van der Waals surface area contributed by atoms with E-state index < -0.39 is 0 Å². The van der Waals surface area contributed by atoms with Gasteiger partial charge in [0.1, 0.15) is 11.6 Å². The predicted octanol–water partition coefficient (Wildman–Crippen LogP) is 4.35. The van der Waals surface area contributed by atoms with Gasteiger partial charge < -0.3 is 10.1 Å². The van der Waals surface area contributed by atoms with Crippen LogP contribution in [0, 0.1) is 13.8 Å². The number of anilines is 1. The Labute approximate surface area is 134 Å². The molecule has 0 aliphatic heterocycles. The predicted molar refractivity (Wildman–Crippen MR) is 90.0 cm³/mol. The number of hydrogen-bond acceptors (Lipinski definition) is 4. The van der Waals surface area contributed by atoms with E-state index in [1.165, 1.54) is 0 Å². The highest BCUT2D eigenvalue weighted by Crippen LogP contribution is 2.31. The fourth-order valence-corrected chi connectivity index (χ4v) is 2.39. The van der Waals surface area contributed by atoms with E-state index in [0.29, 0.717) is 5.82 Å². The molecule has 5 heteroatoms. The highest BCUT2D eigenvalue weighted by atomic mass is 79.9. The number of rotatable bonds is 5. The van der Waals surface area contributed by atoms with E-state index in [-0.39, 0.29) is 0 Å². The smallest absolute Gasteiger partial charge is 0.163 e. The van der Waals surface area contributed by atoms with Crippen molar-refractivity contribution < 1.29 is 4.74 Å². The number of aromatic nitrogens is 2. The fraction of sp³-hybridized carbons (Fsp3) is 0.375. The number of aryl methyl sites for hydroxylation is 1. The normalized spacial score (nSPS) is 10.5. The highest BCUT2D eigenvalue weighted by Gasteiger charge is 2.12. The Kier molecular flexibility index (Phi) is 5.17. The van der Waals surface area contributed by atoms with Crippen molar-refractivity contribution in [2.24, 2.45) is 0 Å². The van der Waals surface area contributed by atoms with E-state index in [0.717, 1.165) is 45.8 Å². The number of methoxy groups -OCH3 is 1. The van der Waals surface area contributed by atoms with Crippen molar-refractivity contribution in [2.75, 3.05) is 19.0 Å². The van der Waals surface area contributed by atoms with Crippen LogP contribution in [0.4, 0.5) is 5.82 Å². The maximum atomic E-state index is 5.29. The summed E-state index contributed by atoms with van der Waals surface area (Å²) >= 11 is 3.56. The molecule has 0 saturated heterocycles. The molecule has 0 unspecified atom stereocenters. The summed E-state index contributed by atoms with van der Waals surface area (Å²) < 4.78 is 6.24. The first-order valence-corrected chi connectivity index (χ1v) is 7.79. The Balaban J connectivity index is 2.51. The van der Waals surface area contributed by atoms with Crippen LogP contribution in [-0.2, 0) is 0 Å². The number of benzene rings is 1. The van der Waals surface area contributed by atoms with Gasteiger partial charge in [-0.15, -0.1) is 0 Å². The Morgan fingerprint density at radius 1 is 1.24 bits per heavy atom. The number of nitrogens with one attached hydrogen (secondary N) is 1. The second-order valence-electron chi connectivity index (χ2n) is 4.88. The average molecular weight is 350 g/mol. The van der Waals surface area contributed by atoms with Crippen LogP contribution in [0.15, 0.2) is 22.7 Å². The third-order valence-corrected chi connectivity index (χ3v) is 4.04. The fourth-order valence-electron chi connectivity index (χ4n) is 1.97. The maximum absolute atomic E-state index is 5.29. The molecule has 1 aromatic carbocycles. The molecule has 0 aliphatic rings. The minimum Gasteiger partial charge on any atom is -0.497 e. The zero-order valence-corrected chi connectivity index (χ0v) is 14.4. The monoisotopic (exact) mass is 349 g/mol. The van der Waals surface area contributed by atoms with E-state index in [4.69, 9.17) is 4.74 Å². The van der Waals surface area contributed by atoms with Crippen molar-refractivity contribution in [1.82, 2.24) is 9.97 Å². The molecule has 0 bridgehead atoms. The topological polar surface area (TPSA) is 47.0 Å². The molecule has 0 amide bonds. The van der Waals surface area contributed by atoms with Gasteiger partial charge in [-0.3, -0.25) is 0 Å². The molecule has 0 saturated carbocycles. The van der Waals surface area contributed by atoms with Gasteiger partial charge in [0.05, 0.1) is 7.11 Å². The van der Waals surface area contributed by atoms with Gasteiger partial charge in [0.25, 0.3) is 0 Å². The molecule has 2 aromatic rings. The lowest BCUT2D eigenvalue weighted by atomic mass is 10.1. The van der Waals surface area contributed by atoms with Crippen LogP contribution in [0.1, 0.15) is 24.6 Å². The third-order valence-electron chi connectivity index (χ3n) is 3.35. The van der Waals surface area contributed by atoms with Crippen molar-refractivity contribution in [3.05, 3.63) is 33.9 Å². The molecular weight excluding hydrogens is 330 g/mol. The number of hydrogen-bond donors (Lipinski definition) is 1. The van der Waals surface area contributed by atoms with Gasteiger partial charge in [0.15, 0.2) is 5.82 Å². The first-order chi connectivity index (χ1) is 10.1. The molecule has 4 nitrogen and oxygen atoms in total. The van der Waals surface area contributed by atoms with E-state index >= 15 is 0 Å². The summed E-state index contributed by atoms with van der Waals surface area (Å²) in [6, 6.07) is 5.80. The van der Waals surface area contributed by atoms with E-state index in [1.807, 2.05) is 32.0 Å². The van der Waals surface area contributed by atoms with Crippen LogP contribution >= 0.6 is 15.9 Å². The molecule has 0 aliphatic carbocycles. The Bertz CT molecular complexity index is 644. The quantitative estimate of drug-likeness (QED) is 0.871. The van der Waals surface area contributed by atoms with E-state index in [2.05, 4.69) is 38.1 Å². The number of ether oxygens (including phenoxy) is 1. The Morgan fingerprint density at radius 3 is 2.67 bits per heavy atom. The van der Waals surface area contributed by atoms with Gasteiger partial charge in [-0.05, 0) is 38.5 Å². The summed E-state index contributed by atoms with van der Waals surface area (Å²) in [5, 5.41) is 3.36. The lowest BCUT2D eigenvalue weighted by molar-refractivity contribution is 0.415. The van der Waals surface area contributed by atoms with E-state index in [1.54, 1.807) is 7.11 Å². The van der Waals surface area contributed by atoms with Gasteiger partial charge >= 0.3 is 0 Å². The summed E-state index contributed by atoms with van der Waals surface area (Å²) in [5.74, 6) is 2.38. The maximum Gasteiger partial charge on any atom is 0.163 e. The van der Waals surface area contributed by atoms with Crippen molar-refractivity contribution in [1.29, 1.82) is 0 Å². The van der Waals surface area contributed by atoms with Gasteiger partial charge in [0.2, 0.25) is 0 Å². The molecule has 0 atom stereocenters. The largest absolute Gasteiger partial charge is 0.497 e. The van der Waals surface area contributed by atoms with Crippen LogP contribution in [0.25, 0.3) is 11.4 Å². The molecule has 0 radical (unpaired) electrons. The minimum atomic E-state index is 0.697.